The number of rotatable bonds is 4. The summed E-state index contributed by atoms with van der Waals surface area (Å²) in [5.74, 6) is 0.785. The van der Waals surface area contributed by atoms with Crippen LogP contribution in [-0.2, 0) is 4.79 Å². The maximum atomic E-state index is 12.4. The minimum Gasteiger partial charge on any atom is -0.342 e. The van der Waals surface area contributed by atoms with Crippen molar-refractivity contribution in [2.75, 3.05) is 32.7 Å². The van der Waals surface area contributed by atoms with E-state index in [-0.39, 0.29) is 0 Å². The molecule has 2 saturated heterocycles. The lowest BCUT2D eigenvalue weighted by Gasteiger charge is -2.32. The van der Waals surface area contributed by atoms with E-state index >= 15 is 0 Å². The highest BCUT2D eigenvalue weighted by atomic mass is 32.1. The van der Waals surface area contributed by atoms with E-state index < -0.39 is 0 Å². The van der Waals surface area contributed by atoms with Crippen LogP contribution in [0.5, 0.6) is 0 Å². The van der Waals surface area contributed by atoms with Gasteiger partial charge < -0.3 is 9.80 Å². The normalized spacial score (nSPS) is 23.7. The molecule has 5 heteroatoms. The van der Waals surface area contributed by atoms with Crippen LogP contribution in [0, 0.1) is 6.92 Å². The third-order valence-corrected chi connectivity index (χ3v) is 5.68. The number of aryl methyl sites for hydroxylation is 1. The van der Waals surface area contributed by atoms with E-state index in [0.717, 1.165) is 26.1 Å². The topological polar surface area (TPSA) is 36.4 Å². The van der Waals surface area contributed by atoms with Crippen molar-refractivity contribution < 1.29 is 4.79 Å². The smallest absolute Gasteiger partial charge is 0.223 e. The van der Waals surface area contributed by atoms with Crippen LogP contribution in [0.15, 0.2) is 6.20 Å². The summed E-state index contributed by atoms with van der Waals surface area (Å²) in [6.45, 7) is 7.19. The Kier molecular flexibility index (Phi) is 4.91. The van der Waals surface area contributed by atoms with Crippen molar-refractivity contribution in [1.82, 2.24) is 14.8 Å². The van der Waals surface area contributed by atoms with Crippen LogP contribution in [0.3, 0.4) is 0 Å². The fourth-order valence-corrected chi connectivity index (χ4v) is 4.28. The van der Waals surface area contributed by atoms with Gasteiger partial charge in [0.1, 0.15) is 0 Å². The van der Waals surface area contributed by atoms with Gasteiger partial charge in [-0.3, -0.25) is 4.79 Å². The Balaban J connectivity index is 1.51. The highest BCUT2D eigenvalue weighted by Crippen LogP contribution is 2.30. The second kappa shape index (κ2) is 6.88. The van der Waals surface area contributed by atoms with Crippen molar-refractivity contribution in [3.8, 4) is 0 Å². The van der Waals surface area contributed by atoms with Crippen molar-refractivity contribution in [2.45, 2.75) is 44.9 Å². The number of nitrogens with zero attached hydrogens (tertiary/aromatic N) is 3. The zero-order valence-electron chi connectivity index (χ0n) is 12.9. The summed E-state index contributed by atoms with van der Waals surface area (Å²) in [6, 6.07) is 0. The molecular weight excluding hydrogens is 282 g/mol. The predicted octanol–water partition coefficient (Wildman–Crippen LogP) is 2.64. The number of carbonyl (C=O) groups excluding carboxylic acids is 1. The fourth-order valence-electron chi connectivity index (χ4n) is 3.38. The van der Waals surface area contributed by atoms with Gasteiger partial charge in [-0.05, 0) is 45.7 Å². The van der Waals surface area contributed by atoms with E-state index in [0.29, 0.717) is 18.2 Å². The lowest BCUT2D eigenvalue weighted by atomic mass is 9.98. The first-order valence-electron chi connectivity index (χ1n) is 8.15. The molecule has 0 spiro atoms. The molecule has 1 aromatic heterocycles. The van der Waals surface area contributed by atoms with Gasteiger partial charge in [0.15, 0.2) is 0 Å². The van der Waals surface area contributed by atoms with Crippen molar-refractivity contribution in [2.24, 2.45) is 0 Å². The van der Waals surface area contributed by atoms with Crippen LogP contribution in [0.25, 0.3) is 0 Å². The number of aromatic nitrogens is 1. The van der Waals surface area contributed by atoms with Gasteiger partial charge in [-0.2, -0.15) is 0 Å². The molecule has 3 heterocycles. The van der Waals surface area contributed by atoms with E-state index in [4.69, 9.17) is 0 Å². The zero-order chi connectivity index (χ0) is 14.7. The molecule has 0 bridgehead atoms. The number of likely N-dealkylation sites (tertiary alicyclic amines) is 2. The van der Waals surface area contributed by atoms with E-state index in [1.807, 2.05) is 6.20 Å². The molecule has 2 aliphatic heterocycles. The van der Waals surface area contributed by atoms with E-state index in [1.165, 1.54) is 42.2 Å². The number of thiazole rings is 1. The van der Waals surface area contributed by atoms with Crippen LogP contribution in [0.1, 0.15) is 47.9 Å². The van der Waals surface area contributed by atoms with Crippen LogP contribution < -0.4 is 0 Å². The Bertz CT molecular complexity index is 482. The number of hydrogen-bond acceptors (Lipinski definition) is 4. The summed E-state index contributed by atoms with van der Waals surface area (Å²) >= 11 is 1.78. The fraction of sp³-hybridized carbons (Fsp3) is 0.750. The van der Waals surface area contributed by atoms with Crippen molar-refractivity contribution in [1.29, 1.82) is 0 Å². The highest BCUT2D eigenvalue weighted by molar-refractivity contribution is 7.11. The lowest BCUT2D eigenvalue weighted by Crippen LogP contribution is -2.40. The SMILES string of the molecule is Cc1cnc([C@@H]2CCCN(C(=O)CCN3CCCC3)C2)s1. The summed E-state index contributed by atoms with van der Waals surface area (Å²) in [7, 11) is 0. The van der Waals surface area contributed by atoms with Crippen molar-refractivity contribution in [3.05, 3.63) is 16.1 Å². The molecule has 3 rings (SSSR count). The maximum Gasteiger partial charge on any atom is 0.223 e. The van der Waals surface area contributed by atoms with Gasteiger partial charge in [-0.25, -0.2) is 4.98 Å². The molecule has 1 atom stereocenters. The average molecular weight is 307 g/mol. The molecule has 0 saturated carbocycles. The molecule has 4 nitrogen and oxygen atoms in total. The van der Waals surface area contributed by atoms with Crippen molar-refractivity contribution >= 4 is 17.2 Å². The van der Waals surface area contributed by atoms with E-state index in [9.17, 15) is 4.79 Å². The second-order valence-electron chi connectivity index (χ2n) is 6.29. The quantitative estimate of drug-likeness (QED) is 0.858. The van der Waals surface area contributed by atoms with Gasteiger partial charge >= 0.3 is 0 Å². The van der Waals surface area contributed by atoms with E-state index in [2.05, 4.69) is 21.7 Å². The molecule has 2 fully saturated rings. The van der Waals surface area contributed by atoms with Gasteiger partial charge in [0.05, 0.1) is 5.01 Å². The maximum absolute atomic E-state index is 12.4. The lowest BCUT2D eigenvalue weighted by molar-refractivity contribution is -0.132. The van der Waals surface area contributed by atoms with Crippen molar-refractivity contribution in [3.63, 3.8) is 0 Å². The molecule has 0 radical (unpaired) electrons. The standard InChI is InChI=1S/C16H25N3OS/c1-13-11-17-16(21-13)14-5-4-9-19(12-14)15(20)6-10-18-7-2-3-8-18/h11,14H,2-10,12H2,1H3/t14-/m1/s1. The average Bonchev–Trinajstić information content (AvgIpc) is 3.16. The largest absolute Gasteiger partial charge is 0.342 e. The van der Waals surface area contributed by atoms with Crippen LogP contribution in [0.2, 0.25) is 0 Å². The number of piperidine rings is 1. The molecule has 116 valence electrons. The predicted molar refractivity (Wildman–Crippen MR) is 85.7 cm³/mol. The van der Waals surface area contributed by atoms with Crippen LogP contribution >= 0.6 is 11.3 Å². The first-order valence-corrected chi connectivity index (χ1v) is 8.96. The highest BCUT2D eigenvalue weighted by Gasteiger charge is 2.26. The Labute approximate surface area is 131 Å². The Morgan fingerprint density at radius 3 is 2.86 bits per heavy atom. The van der Waals surface area contributed by atoms with Gasteiger partial charge in [0.25, 0.3) is 0 Å². The molecule has 0 unspecified atom stereocenters. The monoisotopic (exact) mass is 307 g/mol. The summed E-state index contributed by atoms with van der Waals surface area (Å²) in [5.41, 5.74) is 0. The Morgan fingerprint density at radius 1 is 1.33 bits per heavy atom. The summed E-state index contributed by atoms with van der Waals surface area (Å²) in [5, 5.41) is 1.21. The minimum absolute atomic E-state index is 0.333. The first kappa shape index (κ1) is 15.0. The van der Waals surface area contributed by atoms with Gasteiger partial charge in [0.2, 0.25) is 5.91 Å². The molecular formula is C16H25N3OS. The summed E-state index contributed by atoms with van der Waals surface area (Å²) in [6.07, 6.45) is 7.51. The molecule has 0 aliphatic carbocycles. The third kappa shape index (κ3) is 3.83. The molecule has 2 aliphatic rings. The number of carbonyl (C=O) groups is 1. The molecule has 21 heavy (non-hydrogen) atoms. The van der Waals surface area contributed by atoms with Crippen LogP contribution in [0.4, 0.5) is 0 Å². The van der Waals surface area contributed by atoms with Gasteiger partial charge in [-0.1, -0.05) is 0 Å². The second-order valence-corrected chi connectivity index (χ2v) is 7.55. The van der Waals surface area contributed by atoms with Gasteiger partial charge in [-0.15, -0.1) is 11.3 Å². The first-order chi connectivity index (χ1) is 10.2. The zero-order valence-corrected chi connectivity index (χ0v) is 13.7. The number of amides is 1. The minimum atomic E-state index is 0.333. The molecule has 0 aromatic carbocycles. The van der Waals surface area contributed by atoms with Gasteiger partial charge in [0, 0.05) is 43.0 Å². The third-order valence-electron chi connectivity index (χ3n) is 4.60. The Morgan fingerprint density at radius 2 is 2.14 bits per heavy atom. The Hall–Kier alpha value is -0.940. The summed E-state index contributed by atoms with van der Waals surface area (Å²) < 4.78 is 0. The number of hydrogen-bond donors (Lipinski definition) is 0. The molecule has 0 N–H and O–H groups in total. The molecule has 1 amide bonds. The van der Waals surface area contributed by atoms with E-state index in [1.54, 1.807) is 11.3 Å². The summed E-state index contributed by atoms with van der Waals surface area (Å²) in [4.78, 5) is 22.7. The molecule has 1 aromatic rings. The van der Waals surface area contributed by atoms with Crippen LogP contribution in [-0.4, -0.2) is 53.4 Å².